The van der Waals surface area contributed by atoms with Gasteiger partial charge in [-0.25, -0.2) is 0 Å². The molecule has 1 fully saturated rings. The Morgan fingerprint density at radius 3 is 3.14 bits per heavy atom. The van der Waals surface area contributed by atoms with Crippen molar-refractivity contribution < 1.29 is 4.74 Å². The molecule has 0 radical (unpaired) electrons. The van der Waals surface area contributed by atoms with Crippen LogP contribution in [0, 0.1) is 0 Å². The van der Waals surface area contributed by atoms with E-state index in [1.807, 2.05) is 13.2 Å². The number of rotatable bonds is 1. The molecular formula is C15H19ClN4OS. The van der Waals surface area contributed by atoms with Gasteiger partial charge in [0, 0.05) is 24.4 Å². The van der Waals surface area contributed by atoms with E-state index in [4.69, 9.17) is 16.3 Å². The molecule has 0 bridgehead atoms. The number of halogens is 1. The average molecular weight is 339 g/mol. The van der Waals surface area contributed by atoms with Gasteiger partial charge in [-0.3, -0.25) is 0 Å². The summed E-state index contributed by atoms with van der Waals surface area (Å²) in [7, 11) is 1.85. The van der Waals surface area contributed by atoms with Crippen LogP contribution in [0.15, 0.2) is 12.3 Å². The van der Waals surface area contributed by atoms with E-state index in [1.165, 1.54) is 10.4 Å². The van der Waals surface area contributed by atoms with E-state index in [0.29, 0.717) is 6.04 Å². The van der Waals surface area contributed by atoms with Crippen molar-refractivity contribution in [1.82, 2.24) is 20.3 Å². The first kappa shape index (κ1) is 14.6. The van der Waals surface area contributed by atoms with Gasteiger partial charge in [-0.15, -0.1) is 11.3 Å². The van der Waals surface area contributed by atoms with E-state index in [-0.39, 0.29) is 11.6 Å². The number of thiophene rings is 1. The monoisotopic (exact) mass is 338 g/mol. The molecule has 1 saturated heterocycles. The van der Waals surface area contributed by atoms with Crippen LogP contribution >= 0.6 is 22.9 Å². The number of nitrogens with one attached hydrogen (secondary N) is 1. The van der Waals surface area contributed by atoms with Crippen LogP contribution in [-0.2, 0) is 23.8 Å². The Hall–Kier alpha value is -0.950. The smallest absolute Gasteiger partial charge is 0.106 e. The normalized spacial score (nSPS) is 31.4. The van der Waals surface area contributed by atoms with Crippen LogP contribution < -0.4 is 5.32 Å². The molecule has 1 spiro atoms. The summed E-state index contributed by atoms with van der Waals surface area (Å²) in [4.78, 5) is 2.92. The van der Waals surface area contributed by atoms with Crippen molar-refractivity contribution in [2.24, 2.45) is 7.05 Å². The minimum absolute atomic E-state index is 0.157. The summed E-state index contributed by atoms with van der Waals surface area (Å²) in [5, 5.41) is 12.3. The van der Waals surface area contributed by atoms with Gasteiger partial charge in [0.15, 0.2) is 0 Å². The fourth-order valence-electron chi connectivity index (χ4n) is 3.77. The van der Waals surface area contributed by atoms with Crippen molar-refractivity contribution in [2.75, 3.05) is 6.61 Å². The van der Waals surface area contributed by atoms with Crippen molar-refractivity contribution >= 4 is 22.9 Å². The zero-order valence-electron chi connectivity index (χ0n) is 12.7. The van der Waals surface area contributed by atoms with Crippen LogP contribution in [0.3, 0.4) is 0 Å². The van der Waals surface area contributed by atoms with Gasteiger partial charge < -0.3 is 10.1 Å². The number of hydrogen-bond donors (Lipinski definition) is 1. The summed E-state index contributed by atoms with van der Waals surface area (Å²) < 4.78 is 7.19. The highest BCUT2D eigenvalue weighted by Crippen LogP contribution is 2.49. The lowest BCUT2D eigenvalue weighted by Crippen LogP contribution is -2.49. The zero-order chi connectivity index (χ0) is 15.3. The third kappa shape index (κ3) is 2.38. The Morgan fingerprint density at radius 2 is 2.36 bits per heavy atom. The van der Waals surface area contributed by atoms with Gasteiger partial charge in [-0.05, 0) is 31.4 Å². The molecule has 4 heterocycles. The van der Waals surface area contributed by atoms with Crippen LogP contribution in [0.25, 0.3) is 0 Å². The second-order valence-corrected chi connectivity index (χ2v) is 7.97. The molecule has 3 unspecified atom stereocenters. The Bertz CT molecular complexity index is 700. The van der Waals surface area contributed by atoms with Gasteiger partial charge in [-0.1, -0.05) is 11.6 Å². The number of aromatic nitrogens is 3. The summed E-state index contributed by atoms with van der Waals surface area (Å²) >= 11 is 7.94. The van der Waals surface area contributed by atoms with Gasteiger partial charge >= 0.3 is 0 Å². The standard InChI is InChI=1S/C15H19ClN4OS/c1-9-6-15(7-11(18-9)12-8-17-20(2)19-12)14-10(3-4-21-15)5-13(16)22-14/h5,8-9,11,18H,3-4,6-7H2,1-2H3. The third-order valence-electron chi connectivity index (χ3n) is 4.57. The second-order valence-electron chi connectivity index (χ2n) is 6.29. The Labute approximate surface area is 138 Å². The molecule has 2 aromatic rings. The first-order valence-corrected chi connectivity index (χ1v) is 8.80. The van der Waals surface area contributed by atoms with E-state index in [1.54, 1.807) is 16.1 Å². The Balaban J connectivity index is 1.72. The molecule has 0 amide bonds. The van der Waals surface area contributed by atoms with Gasteiger partial charge in [-0.2, -0.15) is 15.0 Å². The molecule has 3 atom stereocenters. The topological polar surface area (TPSA) is 52.0 Å². The molecule has 2 aliphatic rings. The molecule has 4 rings (SSSR count). The second kappa shape index (κ2) is 5.30. The highest BCUT2D eigenvalue weighted by Gasteiger charge is 2.46. The minimum atomic E-state index is -0.238. The van der Waals surface area contributed by atoms with Crippen LogP contribution in [-0.4, -0.2) is 27.6 Å². The van der Waals surface area contributed by atoms with Gasteiger partial charge in [0.05, 0.1) is 28.9 Å². The first-order chi connectivity index (χ1) is 10.6. The molecule has 0 saturated carbocycles. The predicted octanol–water partition coefficient (Wildman–Crippen LogP) is 2.81. The van der Waals surface area contributed by atoms with Crippen molar-refractivity contribution in [2.45, 2.75) is 43.9 Å². The van der Waals surface area contributed by atoms with Crippen LogP contribution in [0.2, 0.25) is 4.34 Å². The summed E-state index contributed by atoms with van der Waals surface area (Å²) in [5.74, 6) is 0. The summed E-state index contributed by atoms with van der Waals surface area (Å²) in [5.41, 5.74) is 2.10. The van der Waals surface area contributed by atoms with Crippen LogP contribution in [0.5, 0.6) is 0 Å². The van der Waals surface area contributed by atoms with Gasteiger partial charge in [0.25, 0.3) is 0 Å². The number of ether oxygens (including phenoxy) is 1. The molecule has 22 heavy (non-hydrogen) atoms. The molecule has 1 N–H and O–H groups in total. The van der Waals surface area contributed by atoms with E-state index in [2.05, 4.69) is 28.5 Å². The molecule has 7 heteroatoms. The van der Waals surface area contributed by atoms with Crippen molar-refractivity contribution in [1.29, 1.82) is 0 Å². The molecule has 118 valence electrons. The van der Waals surface area contributed by atoms with Gasteiger partial charge in [0.2, 0.25) is 0 Å². The summed E-state index contributed by atoms with van der Waals surface area (Å²) in [6.45, 7) is 2.97. The van der Waals surface area contributed by atoms with E-state index in [9.17, 15) is 0 Å². The number of piperidine rings is 1. The third-order valence-corrected chi connectivity index (χ3v) is 6.06. The maximum atomic E-state index is 6.33. The van der Waals surface area contributed by atoms with E-state index >= 15 is 0 Å². The van der Waals surface area contributed by atoms with E-state index < -0.39 is 0 Å². The van der Waals surface area contributed by atoms with Crippen molar-refractivity contribution in [3.05, 3.63) is 32.7 Å². The lowest BCUT2D eigenvalue weighted by atomic mass is 9.79. The SMILES string of the molecule is CC1CC2(CC(c3cnn(C)n3)N1)OCCc1cc(Cl)sc12. The number of nitrogens with zero attached hydrogens (tertiary/aromatic N) is 3. The maximum absolute atomic E-state index is 6.33. The van der Waals surface area contributed by atoms with E-state index in [0.717, 1.165) is 35.9 Å². The molecule has 5 nitrogen and oxygen atoms in total. The predicted molar refractivity (Wildman–Crippen MR) is 86.2 cm³/mol. The Morgan fingerprint density at radius 1 is 1.50 bits per heavy atom. The molecule has 2 aromatic heterocycles. The Kier molecular flexibility index (Phi) is 3.52. The van der Waals surface area contributed by atoms with Gasteiger partial charge in [0.1, 0.15) is 5.60 Å². The first-order valence-electron chi connectivity index (χ1n) is 7.61. The highest BCUT2D eigenvalue weighted by molar-refractivity contribution is 7.16. The lowest BCUT2D eigenvalue weighted by molar-refractivity contribution is -0.0958. The largest absolute Gasteiger partial charge is 0.369 e. The van der Waals surface area contributed by atoms with Crippen molar-refractivity contribution in [3.63, 3.8) is 0 Å². The molecular weight excluding hydrogens is 320 g/mol. The molecule has 2 aliphatic heterocycles. The maximum Gasteiger partial charge on any atom is 0.106 e. The lowest BCUT2D eigenvalue weighted by Gasteiger charge is -2.45. The quantitative estimate of drug-likeness (QED) is 0.868. The molecule has 0 aliphatic carbocycles. The fourth-order valence-corrected chi connectivity index (χ4v) is 5.23. The van der Waals surface area contributed by atoms with Crippen LogP contribution in [0.4, 0.5) is 0 Å². The van der Waals surface area contributed by atoms with Crippen LogP contribution in [0.1, 0.15) is 41.9 Å². The highest BCUT2D eigenvalue weighted by atomic mass is 35.5. The number of aryl methyl sites for hydroxylation is 1. The average Bonchev–Trinajstić information content (AvgIpc) is 3.04. The number of hydrogen-bond acceptors (Lipinski definition) is 5. The summed E-state index contributed by atoms with van der Waals surface area (Å²) in [6.07, 6.45) is 4.64. The summed E-state index contributed by atoms with van der Waals surface area (Å²) in [6, 6.07) is 2.62. The fraction of sp³-hybridized carbons (Fsp3) is 0.600. The number of fused-ring (bicyclic) bond motifs is 2. The van der Waals surface area contributed by atoms with Crippen molar-refractivity contribution in [3.8, 4) is 0 Å². The molecule has 0 aromatic carbocycles. The minimum Gasteiger partial charge on any atom is -0.369 e. The zero-order valence-corrected chi connectivity index (χ0v) is 14.2.